The summed E-state index contributed by atoms with van der Waals surface area (Å²) in [6, 6.07) is 17.6. The number of benzene rings is 2. The van der Waals surface area contributed by atoms with Gasteiger partial charge in [0.2, 0.25) is 0 Å². The van der Waals surface area contributed by atoms with E-state index in [2.05, 4.69) is 19.1 Å². The van der Waals surface area contributed by atoms with Crippen molar-refractivity contribution in [2.24, 2.45) is 0 Å². The number of carbonyl (C=O) groups is 1. The molecule has 110 valence electrons. The van der Waals surface area contributed by atoms with Gasteiger partial charge in [0.1, 0.15) is 0 Å². The first-order chi connectivity index (χ1) is 10.1. The lowest BCUT2D eigenvalue weighted by molar-refractivity contribution is 0.0727. The van der Waals surface area contributed by atoms with Crippen LogP contribution in [0.25, 0.3) is 0 Å². The minimum atomic E-state index is 0.0186. The number of nitrogens with zero attached hydrogens (tertiary/aromatic N) is 1. The number of nitrogens with two attached hydrogens (primary N) is 1. The first kappa shape index (κ1) is 15.1. The van der Waals surface area contributed by atoms with Crippen molar-refractivity contribution in [1.29, 1.82) is 0 Å². The van der Waals surface area contributed by atoms with E-state index in [0.717, 1.165) is 12.8 Å². The van der Waals surface area contributed by atoms with Crippen LogP contribution in [-0.4, -0.2) is 23.9 Å². The van der Waals surface area contributed by atoms with E-state index in [9.17, 15) is 4.79 Å². The number of rotatable bonds is 5. The van der Waals surface area contributed by atoms with E-state index in [1.165, 1.54) is 5.56 Å². The molecule has 0 saturated carbocycles. The highest BCUT2D eigenvalue weighted by Gasteiger charge is 2.20. The third-order valence-corrected chi connectivity index (χ3v) is 3.79. The fraction of sp³-hybridized carbons (Fsp3) is 0.278. The Labute approximate surface area is 126 Å². The van der Waals surface area contributed by atoms with Crippen LogP contribution in [0.1, 0.15) is 29.3 Å². The molecule has 0 aliphatic heterocycles. The lowest BCUT2D eigenvalue weighted by Gasteiger charge is -2.27. The van der Waals surface area contributed by atoms with Crippen LogP contribution in [0.3, 0.4) is 0 Å². The Hall–Kier alpha value is -2.29. The molecule has 0 aliphatic carbocycles. The molecule has 1 amide bonds. The standard InChI is InChI=1S/C18H22N2O/c1-3-17(12-14-8-5-4-6-9-14)20(2)18(21)15-10-7-11-16(19)13-15/h4-11,13,17H,3,12,19H2,1-2H3. The Balaban J connectivity index is 2.12. The first-order valence-corrected chi connectivity index (χ1v) is 7.28. The molecule has 2 N–H and O–H groups in total. The highest BCUT2D eigenvalue weighted by Crippen LogP contribution is 2.15. The Kier molecular flexibility index (Phi) is 4.99. The van der Waals surface area contributed by atoms with Gasteiger partial charge in [-0.2, -0.15) is 0 Å². The maximum absolute atomic E-state index is 12.6. The Morgan fingerprint density at radius 3 is 2.48 bits per heavy atom. The van der Waals surface area contributed by atoms with Gasteiger partial charge in [0.25, 0.3) is 5.91 Å². The predicted octanol–water partition coefficient (Wildman–Crippen LogP) is 3.36. The van der Waals surface area contributed by atoms with Crippen LogP contribution in [0, 0.1) is 0 Å². The molecule has 2 aromatic carbocycles. The van der Waals surface area contributed by atoms with Gasteiger partial charge in [0, 0.05) is 24.3 Å². The highest BCUT2D eigenvalue weighted by atomic mass is 16.2. The number of anilines is 1. The molecule has 0 heterocycles. The third-order valence-electron chi connectivity index (χ3n) is 3.79. The monoisotopic (exact) mass is 282 g/mol. The summed E-state index contributed by atoms with van der Waals surface area (Å²) in [5, 5.41) is 0. The van der Waals surface area contributed by atoms with Crippen LogP contribution < -0.4 is 5.73 Å². The molecule has 1 atom stereocenters. The van der Waals surface area contributed by atoms with Crippen LogP contribution >= 0.6 is 0 Å². The van der Waals surface area contributed by atoms with Crippen molar-refractivity contribution in [1.82, 2.24) is 4.90 Å². The molecule has 3 heteroatoms. The number of hydrogen-bond acceptors (Lipinski definition) is 2. The van der Waals surface area contributed by atoms with Crippen LogP contribution in [0.2, 0.25) is 0 Å². The summed E-state index contributed by atoms with van der Waals surface area (Å²) in [6.45, 7) is 2.11. The Bertz CT molecular complexity index is 595. The van der Waals surface area contributed by atoms with Crippen molar-refractivity contribution >= 4 is 11.6 Å². The number of hydrogen-bond donors (Lipinski definition) is 1. The SMILES string of the molecule is CCC(Cc1ccccc1)N(C)C(=O)c1cccc(N)c1. The molecular weight excluding hydrogens is 260 g/mol. The van der Waals surface area contributed by atoms with Gasteiger partial charge in [0.05, 0.1) is 0 Å². The molecule has 3 nitrogen and oxygen atoms in total. The Morgan fingerprint density at radius 1 is 1.14 bits per heavy atom. The van der Waals surface area contributed by atoms with Crippen molar-refractivity contribution in [3.8, 4) is 0 Å². The second kappa shape index (κ2) is 6.93. The van der Waals surface area contributed by atoms with E-state index in [1.54, 1.807) is 12.1 Å². The summed E-state index contributed by atoms with van der Waals surface area (Å²) in [4.78, 5) is 14.4. The molecule has 0 bridgehead atoms. The minimum Gasteiger partial charge on any atom is -0.399 e. The van der Waals surface area contributed by atoms with E-state index in [0.29, 0.717) is 11.3 Å². The zero-order valence-electron chi connectivity index (χ0n) is 12.6. The molecule has 0 aromatic heterocycles. The molecule has 0 saturated heterocycles. The summed E-state index contributed by atoms with van der Waals surface area (Å²) < 4.78 is 0. The van der Waals surface area contributed by atoms with Gasteiger partial charge in [-0.05, 0) is 36.6 Å². The van der Waals surface area contributed by atoms with Gasteiger partial charge < -0.3 is 10.6 Å². The maximum atomic E-state index is 12.6. The third kappa shape index (κ3) is 3.85. The minimum absolute atomic E-state index is 0.0186. The molecule has 1 unspecified atom stereocenters. The van der Waals surface area contributed by atoms with Gasteiger partial charge in [-0.3, -0.25) is 4.79 Å². The second-order valence-electron chi connectivity index (χ2n) is 5.29. The first-order valence-electron chi connectivity index (χ1n) is 7.28. The average Bonchev–Trinajstić information content (AvgIpc) is 2.52. The van der Waals surface area contributed by atoms with Crippen molar-refractivity contribution in [2.75, 3.05) is 12.8 Å². The van der Waals surface area contributed by atoms with Crippen molar-refractivity contribution in [3.05, 3.63) is 65.7 Å². The largest absolute Gasteiger partial charge is 0.399 e. The van der Waals surface area contributed by atoms with Crippen molar-refractivity contribution in [3.63, 3.8) is 0 Å². The molecule has 2 rings (SSSR count). The molecule has 0 aliphatic rings. The van der Waals surface area contributed by atoms with E-state index in [1.807, 2.05) is 42.3 Å². The molecule has 21 heavy (non-hydrogen) atoms. The molecule has 2 aromatic rings. The number of amides is 1. The predicted molar refractivity (Wildman–Crippen MR) is 87.2 cm³/mol. The topological polar surface area (TPSA) is 46.3 Å². The van der Waals surface area contributed by atoms with Gasteiger partial charge >= 0.3 is 0 Å². The Morgan fingerprint density at radius 2 is 1.86 bits per heavy atom. The van der Waals surface area contributed by atoms with Crippen molar-refractivity contribution in [2.45, 2.75) is 25.8 Å². The zero-order valence-corrected chi connectivity index (χ0v) is 12.6. The normalized spacial score (nSPS) is 11.9. The van der Waals surface area contributed by atoms with E-state index < -0.39 is 0 Å². The quantitative estimate of drug-likeness (QED) is 0.855. The van der Waals surface area contributed by atoms with Crippen LogP contribution in [0.15, 0.2) is 54.6 Å². The fourth-order valence-electron chi connectivity index (χ4n) is 2.48. The lowest BCUT2D eigenvalue weighted by Crippen LogP contribution is -2.38. The van der Waals surface area contributed by atoms with Gasteiger partial charge in [0.15, 0.2) is 0 Å². The van der Waals surface area contributed by atoms with Gasteiger partial charge in [-0.15, -0.1) is 0 Å². The molecular formula is C18H22N2O. The zero-order chi connectivity index (χ0) is 15.2. The lowest BCUT2D eigenvalue weighted by atomic mass is 10.0. The van der Waals surface area contributed by atoms with Gasteiger partial charge in [-0.1, -0.05) is 43.3 Å². The van der Waals surface area contributed by atoms with E-state index in [-0.39, 0.29) is 11.9 Å². The van der Waals surface area contributed by atoms with Crippen LogP contribution in [0.4, 0.5) is 5.69 Å². The number of nitrogen functional groups attached to an aromatic ring is 1. The fourth-order valence-corrected chi connectivity index (χ4v) is 2.48. The summed E-state index contributed by atoms with van der Waals surface area (Å²) >= 11 is 0. The molecule has 0 spiro atoms. The highest BCUT2D eigenvalue weighted by molar-refractivity contribution is 5.95. The van der Waals surface area contributed by atoms with Crippen molar-refractivity contribution < 1.29 is 4.79 Å². The summed E-state index contributed by atoms with van der Waals surface area (Å²) in [7, 11) is 1.86. The number of carbonyl (C=O) groups excluding carboxylic acids is 1. The molecule has 0 fully saturated rings. The van der Waals surface area contributed by atoms with Crippen LogP contribution in [0.5, 0.6) is 0 Å². The summed E-state index contributed by atoms with van der Waals surface area (Å²) in [5.41, 5.74) is 8.26. The van der Waals surface area contributed by atoms with Gasteiger partial charge in [-0.25, -0.2) is 0 Å². The van der Waals surface area contributed by atoms with E-state index >= 15 is 0 Å². The maximum Gasteiger partial charge on any atom is 0.253 e. The smallest absolute Gasteiger partial charge is 0.253 e. The summed E-state index contributed by atoms with van der Waals surface area (Å²) in [6.07, 6.45) is 1.78. The summed E-state index contributed by atoms with van der Waals surface area (Å²) in [5.74, 6) is 0.0186. The van der Waals surface area contributed by atoms with E-state index in [4.69, 9.17) is 5.73 Å². The molecule has 0 radical (unpaired) electrons. The second-order valence-corrected chi connectivity index (χ2v) is 5.29. The van der Waals surface area contributed by atoms with Crippen LogP contribution in [-0.2, 0) is 6.42 Å². The average molecular weight is 282 g/mol. The number of likely N-dealkylation sites (N-methyl/N-ethyl adjacent to an activating group) is 1.